The second-order valence-corrected chi connectivity index (χ2v) is 8.90. The molecule has 0 amide bonds. The van der Waals surface area contributed by atoms with Crippen molar-refractivity contribution in [1.82, 2.24) is 15.3 Å². The summed E-state index contributed by atoms with van der Waals surface area (Å²) in [6, 6.07) is 15.2. The van der Waals surface area contributed by atoms with E-state index in [4.69, 9.17) is 19.4 Å². The molecule has 2 aromatic carbocycles. The van der Waals surface area contributed by atoms with E-state index in [1.54, 1.807) is 14.2 Å². The minimum atomic E-state index is 0.405. The van der Waals surface area contributed by atoms with E-state index >= 15 is 0 Å². The number of ether oxygens (including phenoxy) is 2. The largest absolute Gasteiger partial charge is 0.497 e. The zero-order chi connectivity index (χ0) is 23.2. The SMILES string of the molecule is COc1cc(CCN[C@H]2CC[C@@H](Nc3nc(N(C)C)c4ccccc4n3)CC2)cc(OC)c1. The van der Waals surface area contributed by atoms with Gasteiger partial charge in [0.15, 0.2) is 0 Å². The van der Waals surface area contributed by atoms with E-state index in [0.717, 1.165) is 72.8 Å². The van der Waals surface area contributed by atoms with Crippen molar-refractivity contribution in [2.45, 2.75) is 44.2 Å². The van der Waals surface area contributed by atoms with Crippen LogP contribution in [0.4, 0.5) is 11.8 Å². The van der Waals surface area contributed by atoms with Crippen LogP contribution in [0.15, 0.2) is 42.5 Å². The standard InChI is InChI=1S/C26H35N5O2/c1-31(2)25-23-7-5-6-8-24(23)29-26(30-25)28-20-11-9-19(10-12-20)27-14-13-18-15-21(32-3)17-22(16-18)33-4/h5-8,15-17,19-20,27H,9-14H2,1-4H3,(H,28,29,30)/t19-,20+. The lowest BCUT2D eigenvalue weighted by Crippen LogP contribution is -2.38. The van der Waals surface area contributed by atoms with Gasteiger partial charge in [0.25, 0.3) is 0 Å². The molecule has 0 unspecified atom stereocenters. The smallest absolute Gasteiger partial charge is 0.225 e. The third-order valence-corrected chi connectivity index (χ3v) is 6.33. The second-order valence-electron chi connectivity index (χ2n) is 8.90. The Bertz CT molecular complexity index is 1040. The van der Waals surface area contributed by atoms with E-state index in [-0.39, 0.29) is 0 Å². The molecule has 0 radical (unpaired) electrons. The molecule has 1 aromatic heterocycles. The highest BCUT2D eigenvalue weighted by Gasteiger charge is 2.22. The number of rotatable bonds is 9. The Hall–Kier alpha value is -3.06. The summed E-state index contributed by atoms with van der Waals surface area (Å²) in [7, 11) is 7.43. The van der Waals surface area contributed by atoms with E-state index in [0.29, 0.717) is 12.1 Å². The van der Waals surface area contributed by atoms with Crippen molar-refractivity contribution >= 4 is 22.7 Å². The lowest BCUT2D eigenvalue weighted by Gasteiger charge is -2.30. The van der Waals surface area contributed by atoms with Crippen LogP contribution in [-0.4, -0.2) is 56.9 Å². The normalized spacial score (nSPS) is 18.2. The number of methoxy groups -OCH3 is 2. The van der Waals surface area contributed by atoms with Crippen LogP contribution in [0.2, 0.25) is 0 Å². The molecule has 1 saturated carbocycles. The summed E-state index contributed by atoms with van der Waals surface area (Å²) in [4.78, 5) is 11.6. The lowest BCUT2D eigenvalue weighted by molar-refractivity contribution is 0.354. The average Bonchev–Trinajstić information content (AvgIpc) is 2.84. The topological polar surface area (TPSA) is 71.5 Å². The maximum absolute atomic E-state index is 5.38. The van der Waals surface area contributed by atoms with Gasteiger partial charge in [0, 0.05) is 37.6 Å². The zero-order valence-corrected chi connectivity index (χ0v) is 20.1. The van der Waals surface area contributed by atoms with Crippen molar-refractivity contribution in [3.8, 4) is 11.5 Å². The average molecular weight is 450 g/mol. The molecule has 0 aliphatic heterocycles. The van der Waals surface area contributed by atoms with E-state index in [2.05, 4.69) is 28.8 Å². The van der Waals surface area contributed by atoms with Gasteiger partial charge in [0.1, 0.15) is 17.3 Å². The molecule has 0 bridgehead atoms. The monoisotopic (exact) mass is 449 g/mol. The first-order chi connectivity index (χ1) is 16.1. The van der Waals surface area contributed by atoms with Gasteiger partial charge in [-0.2, -0.15) is 4.98 Å². The Labute approximate surface area is 196 Å². The molecule has 2 N–H and O–H groups in total. The molecule has 7 nitrogen and oxygen atoms in total. The van der Waals surface area contributed by atoms with Gasteiger partial charge in [-0.05, 0) is 68.5 Å². The minimum absolute atomic E-state index is 0.405. The van der Waals surface area contributed by atoms with Crippen molar-refractivity contribution < 1.29 is 9.47 Å². The fourth-order valence-corrected chi connectivity index (χ4v) is 4.52. The maximum Gasteiger partial charge on any atom is 0.225 e. The van der Waals surface area contributed by atoms with Crippen molar-refractivity contribution in [2.75, 3.05) is 45.1 Å². The number of fused-ring (bicyclic) bond motifs is 1. The number of para-hydroxylation sites is 1. The summed E-state index contributed by atoms with van der Waals surface area (Å²) in [5, 5.41) is 8.40. The predicted molar refractivity (Wildman–Crippen MR) is 135 cm³/mol. The molecule has 0 atom stereocenters. The van der Waals surface area contributed by atoms with Gasteiger partial charge >= 0.3 is 0 Å². The summed E-state index contributed by atoms with van der Waals surface area (Å²) < 4.78 is 10.8. The number of nitrogens with zero attached hydrogens (tertiary/aromatic N) is 3. The van der Waals surface area contributed by atoms with Crippen LogP contribution < -0.4 is 25.0 Å². The van der Waals surface area contributed by atoms with Crippen molar-refractivity contribution in [2.24, 2.45) is 0 Å². The number of nitrogens with one attached hydrogen (secondary N) is 2. The molecule has 1 heterocycles. The molecule has 7 heteroatoms. The first-order valence-electron chi connectivity index (χ1n) is 11.7. The van der Waals surface area contributed by atoms with E-state index in [9.17, 15) is 0 Å². The third kappa shape index (κ3) is 5.85. The lowest BCUT2D eigenvalue weighted by atomic mass is 9.91. The highest BCUT2D eigenvalue weighted by atomic mass is 16.5. The summed E-state index contributed by atoms with van der Waals surface area (Å²) in [5.74, 6) is 3.35. The molecular formula is C26H35N5O2. The van der Waals surface area contributed by atoms with Crippen LogP contribution in [0.5, 0.6) is 11.5 Å². The Kier molecular flexibility index (Phi) is 7.50. The number of hydrogen-bond donors (Lipinski definition) is 2. The first-order valence-corrected chi connectivity index (χ1v) is 11.7. The van der Waals surface area contributed by atoms with Crippen LogP contribution in [-0.2, 0) is 6.42 Å². The molecule has 33 heavy (non-hydrogen) atoms. The van der Waals surface area contributed by atoms with Crippen molar-refractivity contribution in [3.05, 3.63) is 48.0 Å². The fourth-order valence-electron chi connectivity index (χ4n) is 4.52. The van der Waals surface area contributed by atoms with Gasteiger partial charge in [-0.3, -0.25) is 0 Å². The van der Waals surface area contributed by atoms with E-state index < -0.39 is 0 Å². The van der Waals surface area contributed by atoms with Gasteiger partial charge in [-0.1, -0.05) is 12.1 Å². The molecule has 3 aromatic rings. The summed E-state index contributed by atoms with van der Waals surface area (Å²) >= 11 is 0. The maximum atomic E-state index is 5.38. The molecule has 1 aliphatic carbocycles. The Morgan fingerprint density at radius 1 is 0.909 bits per heavy atom. The van der Waals surface area contributed by atoms with Crippen LogP contribution >= 0.6 is 0 Å². The van der Waals surface area contributed by atoms with Gasteiger partial charge in [0.05, 0.1) is 19.7 Å². The van der Waals surface area contributed by atoms with Gasteiger partial charge in [0.2, 0.25) is 5.95 Å². The molecule has 4 rings (SSSR count). The highest BCUT2D eigenvalue weighted by molar-refractivity contribution is 5.90. The van der Waals surface area contributed by atoms with Crippen LogP contribution in [0.3, 0.4) is 0 Å². The Morgan fingerprint density at radius 2 is 1.58 bits per heavy atom. The van der Waals surface area contributed by atoms with Crippen LogP contribution in [0.1, 0.15) is 31.2 Å². The van der Waals surface area contributed by atoms with Gasteiger partial charge in [-0.15, -0.1) is 0 Å². The Morgan fingerprint density at radius 3 is 2.24 bits per heavy atom. The van der Waals surface area contributed by atoms with Gasteiger partial charge in [-0.25, -0.2) is 4.98 Å². The number of hydrogen-bond acceptors (Lipinski definition) is 7. The molecule has 176 valence electrons. The predicted octanol–water partition coefficient (Wildman–Crippen LogP) is 4.27. The minimum Gasteiger partial charge on any atom is -0.497 e. The summed E-state index contributed by atoms with van der Waals surface area (Å²) in [6.45, 7) is 0.944. The third-order valence-electron chi connectivity index (χ3n) is 6.33. The number of benzene rings is 2. The zero-order valence-electron chi connectivity index (χ0n) is 20.1. The summed E-state index contributed by atoms with van der Waals surface area (Å²) in [6.07, 6.45) is 5.46. The number of aromatic nitrogens is 2. The first kappa shape index (κ1) is 23.1. The molecule has 1 aliphatic rings. The fraction of sp³-hybridized carbons (Fsp3) is 0.462. The molecule has 0 saturated heterocycles. The van der Waals surface area contributed by atoms with Crippen molar-refractivity contribution in [3.63, 3.8) is 0 Å². The van der Waals surface area contributed by atoms with E-state index in [1.165, 1.54) is 5.56 Å². The molecule has 1 fully saturated rings. The molecule has 0 spiro atoms. The Balaban J connectivity index is 1.28. The quantitative estimate of drug-likeness (QED) is 0.505. The number of anilines is 2. The van der Waals surface area contributed by atoms with Crippen LogP contribution in [0, 0.1) is 0 Å². The second kappa shape index (κ2) is 10.7. The van der Waals surface area contributed by atoms with Crippen LogP contribution in [0.25, 0.3) is 10.9 Å². The highest BCUT2D eigenvalue weighted by Crippen LogP contribution is 2.27. The van der Waals surface area contributed by atoms with E-state index in [1.807, 2.05) is 43.3 Å². The molecular weight excluding hydrogens is 414 g/mol. The van der Waals surface area contributed by atoms with Gasteiger partial charge < -0.3 is 25.0 Å². The summed E-state index contributed by atoms with van der Waals surface area (Å²) in [5.41, 5.74) is 2.20. The van der Waals surface area contributed by atoms with Crippen molar-refractivity contribution in [1.29, 1.82) is 0 Å².